The second-order valence-corrected chi connectivity index (χ2v) is 9.99. The molecule has 3 atom stereocenters. The Morgan fingerprint density at radius 1 is 0.756 bits per heavy atom. The van der Waals surface area contributed by atoms with E-state index in [1.807, 2.05) is 0 Å². The Hall–Kier alpha value is -3.90. The third-order valence-corrected chi connectivity index (χ3v) is 7.33. The Kier molecular flexibility index (Phi) is 6.90. The largest absolute Gasteiger partial charge is 0.439 e. The van der Waals surface area contributed by atoms with Crippen molar-refractivity contribution in [1.29, 1.82) is 0 Å². The van der Waals surface area contributed by atoms with Gasteiger partial charge in [-0.2, -0.15) is 39.5 Å². The van der Waals surface area contributed by atoms with Gasteiger partial charge in [0, 0.05) is 5.69 Å². The maximum atomic E-state index is 13.7. The highest BCUT2D eigenvalue weighted by atomic mass is 19.4. The number of fused-ring (bicyclic) bond motifs is 1. The molecule has 2 N–H and O–H groups in total. The number of rotatable bonds is 3. The molecule has 0 radical (unpaired) electrons. The number of anilines is 1. The van der Waals surface area contributed by atoms with Crippen molar-refractivity contribution in [3.8, 4) is 11.1 Å². The molecule has 1 amide bonds. The zero-order valence-corrected chi connectivity index (χ0v) is 20.9. The van der Waals surface area contributed by atoms with E-state index in [0.717, 1.165) is 17.0 Å². The lowest BCUT2D eigenvalue weighted by atomic mass is 9.84. The Labute approximate surface area is 227 Å². The minimum atomic E-state index is -5.11. The second-order valence-electron chi connectivity index (χ2n) is 9.99. The Balaban J connectivity index is 1.61. The van der Waals surface area contributed by atoms with Crippen molar-refractivity contribution in [1.82, 2.24) is 4.90 Å². The standard InChI is InChI=1S/C28H21F9N2O2/c29-26(30,31)16-7-8-20(14-3-1-4-19(38)11-14)21(13-16)22-5-2-6-23-24(41-25(40)39(22)23)15-9-17(27(32,33)34)12-18(10-15)28(35,36)37/h1,3-4,7-13,22-24H,2,5-6,38H2. The van der Waals surface area contributed by atoms with Crippen LogP contribution in [0.1, 0.15) is 59.2 Å². The monoisotopic (exact) mass is 588 g/mol. The van der Waals surface area contributed by atoms with Crippen LogP contribution in [-0.4, -0.2) is 17.0 Å². The maximum absolute atomic E-state index is 13.7. The summed E-state index contributed by atoms with van der Waals surface area (Å²) in [6.45, 7) is 0. The predicted molar refractivity (Wildman–Crippen MR) is 129 cm³/mol. The van der Waals surface area contributed by atoms with Crippen molar-refractivity contribution >= 4 is 11.8 Å². The number of alkyl halides is 9. The van der Waals surface area contributed by atoms with E-state index in [-0.39, 0.29) is 24.5 Å². The van der Waals surface area contributed by atoms with Crippen LogP contribution in [0.25, 0.3) is 11.1 Å². The summed E-state index contributed by atoms with van der Waals surface area (Å²) in [5, 5.41) is 0. The van der Waals surface area contributed by atoms with Gasteiger partial charge < -0.3 is 10.5 Å². The molecular weight excluding hydrogens is 567 g/mol. The van der Waals surface area contributed by atoms with Crippen LogP contribution in [0.2, 0.25) is 0 Å². The van der Waals surface area contributed by atoms with E-state index < -0.39 is 65.1 Å². The number of hydrogen-bond donors (Lipinski definition) is 1. The number of amides is 1. The molecule has 2 aliphatic rings. The van der Waals surface area contributed by atoms with Crippen LogP contribution in [0.3, 0.4) is 0 Å². The highest BCUT2D eigenvalue weighted by Gasteiger charge is 2.50. The number of cyclic esters (lactones) is 1. The molecule has 4 nitrogen and oxygen atoms in total. The minimum absolute atomic E-state index is 0.0256. The van der Waals surface area contributed by atoms with Gasteiger partial charge >= 0.3 is 24.6 Å². The number of piperidine rings is 1. The van der Waals surface area contributed by atoms with Crippen molar-refractivity contribution < 1.29 is 49.0 Å². The molecule has 41 heavy (non-hydrogen) atoms. The molecule has 0 saturated carbocycles. The van der Waals surface area contributed by atoms with Gasteiger partial charge in [0.05, 0.1) is 28.8 Å². The first-order valence-electron chi connectivity index (χ1n) is 12.4. The molecule has 2 fully saturated rings. The molecule has 0 aromatic heterocycles. The number of nitrogen functional groups attached to an aromatic ring is 1. The highest BCUT2D eigenvalue weighted by molar-refractivity contribution is 5.75. The maximum Gasteiger partial charge on any atom is 0.416 e. The van der Waals surface area contributed by atoms with Crippen LogP contribution >= 0.6 is 0 Å². The molecule has 2 saturated heterocycles. The first kappa shape index (κ1) is 28.6. The molecule has 3 aromatic carbocycles. The van der Waals surface area contributed by atoms with E-state index in [0.29, 0.717) is 35.4 Å². The Morgan fingerprint density at radius 2 is 1.39 bits per heavy atom. The number of carbonyl (C=O) groups is 1. The molecule has 2 heterocycles. The third kappa shape index (κ3) is 5.53. The van der Waals surface area contributed by atoms with Gasteiger partial charge in [-0.1, -0.05) is 18.2 Å². The van der Waals surface area contributed by atoms with Gasteiger partial charge in [-0.05, 0) is 84.0 Å². The van der Waals surface area contributed by atoms with Gasteiger partial charge in [0.1, 0.15) is 6.10 Å². The summed E-state index contributed by atoms with van der Waals surface area (Å²) in [5.74, 6) is 0. The normalized spacial score (nSPS) is 21.5. The number of ether oxygens (including phenoxy) is 1. The van der Waals surface area contributed by atoms with E-state index in [4.69, 9.17) is 10.5 Å². The summed E-state index contributed by atoms with van der Waals surface area (Å²) in [6, 6.07) is 8.33. The summed E-state index contributed by atoms with van der Waals surface area (Å²) >= 11 is 0. The van der Waals surface area contributed by atoms with Gasteiger partial charge in [-0.15, -0.1) is 0 Å². The van der Waals surface area contributed by atoms with Crippen molar-refractivity contribution in [3.05, 3.63) is 88.5 Å². The lowest BCUT2D eigenvalue weighted by Crippen LogP contribution is -2.41. The number of halogens is 9. The zero-order valence-electron chi connectivity index (χ0n) is 20.9. The first-order valence-corrected chi connectivity index (χ1v) is 12.4. The fourth-order valence-corrected chi connectivity index (χ4v) is 5.56. The first-order chi connectivity index (χ1) is 19.0. The van der Waals surface area contributed by atoms with Crippen LogP contribution in [0.5, 0.6) is 0 Å². The van der Waals surface area contributed by atoms with Crippen LogP contribution in [0.4, 0.5) is 50.0 Å². The third-order valence-electron chi connectivity index (χ3n) is 7.33. The minimum Gasteiger partial charge on any atom is -0.439 e. The van der Waals surface area contributed by atoms with Crippen molar-refractivity contribution in [2.45, 2.75) is 56.0 Å². The van der Waals surface area contributed by atoms with Crippen LogP contribution < -0.4 is 5.73 Å². The molecular formula is C28H21F9N2O2. The van der Waals surface area contributed by atoms with Crippen molar-refractivity contribution in [2.75, 3.05) is 5.73 Å². The summed E-state index contributed by atoms with van der Waals surface area (Å²) in [4.78, 5) is 14.3. The molecule has 3 unspecified atom stereocenters. The average molecular weight is 588 g/mol. The van der Waals surface area contributed by atoms with E-state index in [1.165, 1.54) is 6.07 Å². The summed E-state index contributed by atoms with van der Waals surface area (Å²) in [6.07, 6.45) is -16.9. The zero-order chi connectivity index (χ0) is 29.9. The fourth-order valence-electron chi connectivity index (χ4n) is 5.56. The SMILES string of the molecule is Nc1cccc(-c2ccc(C(F)(F)F)cc2C2CCCC3C(c4cc(C(F)(F)F)cc(C(F)(F)F)c4)OC(=O)N23)c1. The van der Waals surface area contributed by atoms with Crippen LogP contribution in [0.15, 0.2) is 60.7 Å². The summed E-state index contributed by atoms with van der Waals surface area (Å²) in [5.41, 5.74) is 2.50. The average Bonchev–Trinajstić information content (AvgIpc) is 3.23. The number of benzene rings is 3. The number of nitrogens with two attached hydrogens (primary N) is 1. The number of hydrogen-bond acceptors (Lipinski definition) is 3. The summed E-state index contributed by atoms with van der Waals surface area (Å²) in [7, 11) is 0. The lowest BCUT2D eigenvalue weighted by molar-refractivity contribution is -0.143. The smallest absolute Gasteiger partial charge is 0.416 e. The topological polar surface area (TPSA) is 55.6 Å². The molecule has 218 valence electrons. The molecule has 0 spiro atoms. The molecule has 5 rings (SSSR count). The van der Waals surface area contributed by atoms with Gasteiger partial charge in [0.2, 0.25) is 0 Å². The Bertz CT molecular complexity index is 1450. The molecule has 0 bridgehead atoms. The molecule has 2 aliphatic heterocycles. The quantitative estimate of drug-likeness (QED) is 0.246. The van der Waals surface area contributed by atoms with Gasteiger partial charge in [-0.25, -0.2) is 4.79 Å². The van der Waals surface area contributed by atoms with Gasteiger partial charge in [-0.3, -0.25) is 4.90 Å². The Morgan fingerprint density at radius 3 is 1.98 bits per heavy atom. The van der Waals surface area contributed by atoms with Gasteiger partial charge in [0.15, 0.2) is 0 Å². The van der Waals surface area contributed by atoms with Crippen LogP contribution in [-0.2, 0) is 23.3 Å². The lowest BCUT2D eigenvalue weighted by Gasteiger charge is -2.38. The van der Waals surface area contributed by atoms with Gasteiger partial charge in [0.25, 0.3) is 0 Å². The van der Waals surface area contributed by atoms with E-state index in [1.54, 1.807) is 24.3 Å². The molecule has 13 heteroatoms. The molecule has 3 aromatic rings. The van der Waals surface area contributed by atoms with E-state index in [9.17, 15) is 44.3 Å². The predicted octanol–water partition coefficient (Wildman–Crippen LogP) is 8.78. The van der Waals surface area contributed by atoms with Crippen LogP contribution in [0, 0.1) is 0 Å². The highest BCUT2D eigenvalue weighted by Crippen LogP contribution is 2.49. The van der Waals surface area contributed by atoms with E-state index >= 15 is 0 Å². The molecule has 0 aliphatic carbocycles. The van der Waals surface area contributed by atoms with E-state index in [2.05, 4.69) is 0 Å². The van der Waals surface area contributed by atoms with Crippen molar-refractivity contribution in [2.24, 2.45) is 0 Å². The number of nitrogens with zero attached hydrogens (tertiary/aromatic N) is 1. The number of carbonyl (C=O) groups excluding carboxylic acids is 1. The van der Waals surface area contributed by atoms with Crippen molar-refractivity contribution in [3.63, 3.8) is 0 Å². The fraction of sp³-hybridized carbons (Fsp3) is 0.321. The second kappa shape index (κ2) is 9.88. The summed E-state index contributed by atoms with van der Waals surface area (Å²) < 4.78 is 128.